The van der Waals surface area contributed by atoms with Crippen LogP contribution < -0.4 is 4.74 Å². The topological polar surface area (TPSA) is 46.5 Å². The van der Waals surface area contributed by atoms with Gasteiger partial charge in [0.25, 0.3) is 0 Å². The third-order valence-corrected chi connectivity index (χ3v) is 2.44. The molecule has 18 heavy (non-hydrogen) atoms. The minimum Gasteiger partial charge on any atom is -0.494 e. The lowest BCUT2D eigenvalue weighted by Gasteiger charge is -2.05. The summed E-state index contributed by atoms with van der Waals surface area (Å²) in [6, 6.07) is 7.12. The van der Waals surface area contributed by atoms with E-state index < -0.39 is 5.97 Å². The maximum atomic E-state index is 11.9. The summed E-state index contributed by atoms with van der Waals surface area (Å²) in [5.74, 6) is -0.0170. The van der Waals surface area contributed by atoms with Crippen molar-refractivity contribution in [3.8, 4) is 5.75 Å². The molecule has 0 aliphatic heterocycles. The van der Waals surface area contributed by atoms with Gasteiger partial charge in [0.2, 0.25) is 0 Å². The van der Waals surface area contributed by atoms with Crippen LogP contribution in [0.2, 0.25) is 0 Å². The van der Waals surface area contributed by atoms with Gasteiger partial charge in [0, 0.05) is 6.42 Å². The number of carboxylic acids is 1. The third-order valence-electron chi connectivity index (χ3n) is 2.44. The van der Waals surface area contributed by atoms with E-state index in [4.69, 9.17) is 9.84 Å². The van der Waals surface area contributed by atoms with Crippen molar-refractivity contribution < 1.29 is 19.0 Å². The van der Waals surface area contributed by atoms with Crippen LogP contribution in [0, 0.1) is 0 Å². The molecule has 0 aliphatic carbocycles. The Morgan fingerprint density at radius 3 is 2.56 bits per heavy atom. The standard InChI is InChI=1S/C14H17FO3/c15-10-9-12-5-7-13(8-6-12)18-11-3-1-2-4-14(16)17/h5-10H,1-4,11H2,(H,16,17)/b10-9+. The number of rotatable bonds is 8. The van der Waals surface area contributed by atoms with Gasteiger partial charge in [-0.25, -0.2) is 4.39 Å². The number of halogens is 1. The van der Waals surface area contributed by atoms with Crippen molar-refractivity contribution in [3.05, 3.63) is 36.2 Å². The predicted molar refractivity (Wildman–Crippen MR) is 68.2 cm³/mol. The largest absolute Gasteiger partial charge is 0.494 e. The first kappa shape index (κ1) is 14.2. The summed E-state index contributed by atoms with van der Waals surface area (Å²) in [6.45, 7) is 0.567. The van der Waals surface area contributed by atoms with E-state index in [0.717, 1.165) is 24.2 Å². The smallest absolute Gasteiger partial charge is 0.303 e. The summed E-state index contributed by atoms with van der Waals surface area (Å²) in [7, 11) is 0. The Labute approximate surface area is 106 Å². The summed E-state index contributed by atoms with van der Waals surface area (Å²) < 4.78 is 17.4. The molecule has 98 valence electrons. The Bertz CT molecular complexity index is 385. The van der Waals surface area contributed by atoms with Crippen molar-refractivity contribution in [2.75, 3.05) is 6.61 Å². The lowest BCUT2D eigenvalue weighted by atomic mass is 10.2. The lowest BCUT2D eigenvalue weighted by Crippen LogP contribution is -1.99. The summed E-state index contributed by atoms with van der Waals surface area (Å²) >= 11 is 0. The van der Waals surface area contributed by atoms with Crippen LogP contribution in [0.15, 0.2) is 30.6 Å². The molecular weight excluding hydrogens is 235 g/mol. The molecular formula is C14H17FO3. The minimum absolute atomic E-state index is 0.213. The van der Waals surface area contributed by atoms with Crippen molar-refractivity contribution in [2.45, 2.75) is 25.7 Å². The zero-order valence-corrected chi connectivity index (χ0v) is 10.1. The number of aliphatic carboxylic acids is 1. The fourth-order valence-corrected chi connectivity index (χ4v) is 1.49. The molecule has 0 unspecified atom stereocenters. The monoisotopic (exact) mass is 252 g/mol. The van der Waals surface area contributed by atoms with Crippen molar-refractivity contribution in [2.24, 2.45) is 0 Å². The van der Waals surface area contributed by atoms with Gasteiger partial charge in [-0.05, 0) is 43.0 Å². The molecule has 1 aromatic rings. The van der Waals surface area contributed by atoms with Crippen molar-refractivity contribution in [1.29, 1.82) is 0 Å². The molecule has 0 atom stereocenters. The highest BCUT2D eigenvalue weighted by Gasteiger charge is 1.97. The fraction of sp³-hybridized carbons (Fsp3) is 0.357. The van der Waals surface area contributed by atoms with Crippen LogP contribution in [-0.2, 0) is 4.79 Å². The summed E-state index contributed by atoms with van der Waals surface area (Å²) in [6.07, 6.45) is 4.44. The second kappa shape index (κ2) is 8.28. The first-order chi connectivity index (χ1) is 8.72. The fourth-order valence-electron chi connectivity index (χ4n) is 1.49. The molecule has 0 radical (unpaired) electrons. The SMILES string of the molecule is O=C(O)CCCCCOc1ccc(/C=C/F)cc1. The summed E-state index contributed by atoms with van der Waals surface area (Å²) in [4.78, 5) is 10.3. The highest BCUT2D eigenvalue weighted by molar-refractivity contribution is 5.66. The number of benzene rings is 1. The molecule has 0 aliphatic rings. The molecule has 1 N–H and O–H groups in total. The molecule has 1 rings (SSSR count). The average Bonchev–Trinajstić information content (AvgIpc) is 2.35. The number of unbranched alkanes of at least 4 members (excludes halogenated alkanes) is 2. The van der Waals surface area contributed by atoms with Crippen LogP contribution >= 0.6 is 0 Å². The van der Waals surface area contributed by atoms with E-state index in [0.29, 0.717) is 19.4 Å². The van der Waals surface area contributed by atoms with Gasteiger partial charge in [-0.1, -0.05) is 12.1 Å². The highest BCUT2D eigenvalue weighted by atomic mass is 19.1. The molecule has 0 saturated carbocycles. The molecule has 0 heterocycles. The Hall–Kier alpha value is -1.84. The minimum atomic E-state index is -0.757. The van der Waals surface area contributed by atoms with Crippen LogP contribution in [0.1, 0.15) is 31.2 Å². The van der Waals surface area contributed by atoms with Crippen molar-refractivity contribution >= 4 is 12.0 Å². The molecule has 0 spiro atoms. The molecule has 0 fully saturated rings. The first-order valence-corrected chi connectivity index (χ1v) is 5.94. The van der Waals surface area contributed by atoms with Gasteiger partial charge >= 0.3 is 5.97 Å². The number of hydrogen-bond acceptors (Lipinski definition) is 2. The number of carboxylic acid groups (broad SMARTS) is 1. The van der Waals surface area contributed by atoms with Gasteiger partial charge in [-0.2, -0.15) is 0 Å². The number of hydrogen-bond donors (Lipinski definition) is 1. The van der Waals surface area contributed by atoms with E-state index in [2.05, 4.69) is 0 Å². The Morgan fingerprint density at radius 1 is 1.22 bits per heavy atom. The normalized spacial score (nSPS) is 10.7. The van der Waals surface area contributed by atoms with E-state index in [-0.39, 0.29) is 6.42 Å². The lowest BCUT2D eigenvalue weighted by molar-refractivity contribution is -0.137. The van der Waals surface area contributed by atoms with Gasteiger partial charge in [0.1, 0.15) is 5.75 Å². The molecule has 0 aromatic heterocycles. The second-order valence-electron chi connectivity index (χ2n) is 3.91. The van der Waals surface area contributed by atoms with Crippen LogP contribution in [0.5, 0.6) is 5.75 Å². The zero-order chi connectivity index (χ0) is 13.2. The van der Waals surface area contributed by atoms with Crippen LogP contribution in [0.25, 0.3) is 6.08 Å². The van der Waals surface area contributed by atoms with E-state index >= 15 is 0 Å². The Kier molecular flexibility index (Phi) is 6.54. The second-order valence-corrected chi connectivity index (χ2v) is 3.91. The average molecular weight is 252 g/mol. The van der Waals surface area contributed by atoms with E-state index in [1.54, 1.807) is 24.3 Å². The zero-order valence-electron chi connectivity index (χ0n) is 10.1. The maximum absolute atomic E-state index is 11.9. The maximum Gasteiger partial charge on any atom is 0.303 e. The van der Waals surface area contributed by atoms with E-state index in [1.165, 1.54) is 6.08 Å². The van der Waals surface area contributed by atoms with Gasteiger partial charge < -0.3 is 9.84 Å². The summed E-state index contributed by atoms with van der Waals surface area (Å²) in [5.41, 5.74) is 0.784. The number of ether oxygens (including phenoxy) is 1. The molecule has 1 aromatic carbocycles. The number of carbonyl (C=O) groups is 1. The Morgan fingerprint density at radius 2 is 1.94 bits per heavy atom. The predicted octanol–water partition coefficient (Wildman–Crippen LogP) is 3.65. The van der Waals surface area contributed by atoms with Crippen molar-refractivity contribution in [1.82, 2.24) is 0 Å². The van der Waals surface area contributed by atoms with Gasteiger partial charge in [0.15, 0.2) is 0 Å². The molecule has 3 nitrogen and oxygen atoms in total. The van der Waals surface area contributed by atoms with Gasteiger partial charge in [-0.3, -0.25) is 4.79 Å². The van der Waals surface area contributed by atoms with Crippen LogP contribution in [0.3, 0.4) is 0 Å². The van der Waals surface area contributed by atoms with Gasteiger partial charge in [0.05, 0.1) is 12.9 Å². The third kappa shape index (κ3) is 6.03. The van der Waals surface area contributed by atoms with Gasteiger partial charge in [-0.15, -0.1) is 0 Å². The van der Waals surface area contributed by atoms with Crippen LogP contribution in [-0.4, -0.2) is 17.7 Å². The van der Waals surface area contributed by atoms with E-state index in [9.17, 15) is 9.18 Å². The highest BCUT2D eigenvalue weighted by Crippen LogP contribution is 2.14. The molecule has 0 bridgehead atoms. The molecule has 0 amide bonds. The first-order valence-electron chi connectivity index (χ1n) is 5.94. The summed E-state index contributed by atoms with van der Waals surface area (Å²) in [5, 5.41) is 8.45. The molecule has 0 saturated heterocycles. The molecule has 4 heteroatoms. The van der Waals surface area contributed by atoms with Crippen LogP contribution in [0.4, 0.5) is 4.39 Å². The quantitative estimate of drug-likeness (QED) is 0.718. The Balaban J connectivity index is 2.17. The van der Waals surface area contributed by atoms with E-state index in [1.807, 2.05) is 0 Å². The van der Waals surface area contributed by atoms with Crippen molar-refractivity contribution in [3.63, 3.8) is 0 Å².